The molecule has 1 unspecified atom stereocenters. The molecule has 1 aromatic rings. The topological polar surface area (TPSA) is 105 Å². The van der Waals surface area contributed by atoms with Gasteiger partial charge in [0.05, 0.1) is 12.4 Å². The maximum Gasteiger partial charge on any atom is 0.262 e. The van der Waals surface area contributed by atoms with E-state index in [1.54, 1.807) is 7.11 Å². The van der Waals surface area contributed by atoms with E-state index in [-0.39, 0.29) is 36.5 Å². The number of hydrogen-bond acceptors (Lipinski definition) is 6. The van der Waals surface area contributed by atoms with E-state index < -0.39 is 15.6 Å². The molecular weight excluding hydrogens is 464 g/mol. The SMILES string of the molecule is COC1CCC2(CC1)Cc1ccc(C#CC3CC3)cc1C21N=C(N)N(CCN(C)S(C)(=O)=O)C1=O. The fourth-order valence-corrected chi connectivity index (χ4v) is 6.39. The highest BCUT2D eigenvalue weighted by Gasteiger charge is 2.66. The number of benzene rings is 1. The second kappa shape index (κ2) is 8.61. The van der Waals surface area contributed by atoms with Crippen molar-refractivity contribution in [1.29, 1.82) is 0 Å². The third-order valence-corrected chi connectivity index (χ3v) is 9.65. The zero-order valence-electron chi connectivity index (χ0n) is 20.7. The molecule has 1 atom stereocenters. The van der Waals surface area contributed by atoms with Gasteiger partial charge in [0.2, 0.25) is 10.0 Å². The number of aliphatic imine (C=N–C) groups is 1. The van der Waals surface area contributed by atoms with Crippen LogP contribution in [0.3, 0.4) is 0 Å². The summed E-state index contributed by atoms with van der Waals surface area (Å²) in [7, 11) is -0.128. The van der Waals surface area contributed by atoms with Gasteiger partial charge in [-0.2, -0.15) is 0 Å². The van der Waals surface area contributed by atoms with Crippen LogP contribution in [-0.2, 0) is 31.5 Å². The molecule has 2 fully saturated rings. The number of nitrogens with zero attached hydrogens (tertiary/aromatic N) is 3. The number of carbonyl (C=O) groups is 1. The molecule has 1 amide bonds. The first-order valence-electron chi connectivity index (χ1n) is 12.4. The van der Waals surface area contributed by atoms with Crippen molar-refractivity contribution in [3.63, 3.8) is 0 Å². The molecular formula is C26H34N4O4S. The average Bonchev–Trinajstić information content (AvgIpc) is 3.57. The Labute approximate surface area is 207 Å². The zero-order chi connectivity index (χ0) is 25.0. The number of guanidine groups is 1. The number of carbonyl (C=O) groups excluding carboxylic acids is 1. The molecule has 1 heterocycles. The second-order valence-electron chi connectivity index (χ2n) is 10.5. The van der Waals surface area contributed by atoms with Gasteiger partial charge in [-0.15, -0.1) is 0 Å². The molecule has 188 valence electrons. The molecule has 0 radical (unpaired) electrons. The lowest BCUT2D eigenvalue weighted by molar-refractivity contribution is -0.138. The quantitative estimate of drug-likeness (QED) is 0.624. The summed E-state index contributed by atoms with van der Waals surface area (Å²) in [6.45, 7) is 0.308. The van der Waals surface area contributed by atoms with E-state index in [1.165, 1.54) is 16.3 Å². The smallest absolute Gasteiger partial charge is 0.262 e. The van der Waals surface area contributed by atoms with Crippen LogP contribution in [0.1, 0.15) is 55.2 Å². The molecule has 2 N–H and O–H groups in total. The second-order valence-corrected chi connectivity index (χ2v) is 12.6. The number of likely N-dealkylation sites (N-methyl/N-ethyl adjacent to an activating group) is 1. The van der Waals surface area contributed by atoms with Gasteiger partial charge in [0.25, 0.3) is 5.91 Å². The minimum Gasteiger partial charge on any atom is -0.381 e. The van der Waals surface area contributed by atoms with Crippen molar-refractivity contribution >= 4 is 21.9 Å². The van der Waals surface area contributed by atoms with Crippen molar-refractivity contribution in [3.8, 4) is 11.8 Å². The van der Waals surface area contributed by atoms with Crippen molar-refractivity contribution < 1.29 is 17.9 Å². The first-order chi connectivity index (χ1) is 16.6. The average molecular weight is 499 g/mol. The molecule has 35 heavy (non-hydrogen) atoms. The van der Waals surface area contributed by atoms with E-state index in [1.807, 2.05) is 12.1 Å². The maximum atomic E-state index is 14.3. The predicted octanol–water partition coefficient (Wildman–Crippen LogP) is 1.82. The molecule has 3 aliphatic carbocycles. The third kappa shape index (κ3) is 4.05. The minimum atomic E-state index is -3.37. The Morgan fingerprint density at radius 2 is 1.97 bits per heavy atom. The van der Waals surface area contributed by atoms with Gasteiger partial charge in [-0.25, -0.2) is 17.7 Å². The van der Waals surface area contributed by atoms with Crippen LogP contribution >= 0.6 is 0 Å². The molecule has 0 bridgehead atoms. The van der Waals surface area contributed by atoms with Crippen LogP contribution in [0.4, 0.5) is 0 Å². The fourth-order valence-electron chi connectivity index (χ4n) is 5.98. The third-order valence-electron chi connectivity index (χ3n) is 8.34. The fraction of sp³-hybridized carbons (Fsp3) is 0.615. The van der Waals surface area contributed by atoms with Crippen LogP contribution < -0.4 is 5.73 Å². The lowest BCUT2D eigenvalue weighted by Gasteiger charge is -2.45. The van der Waals surface area contributed by atoms with Crippen LogP contribution in [0, 0.1) is 23.2 Å². The Hall–Kier alpha value is -2.41. The molecule has 2 saturated carbocycles. The van der Waals surface area contributed by atoms with Crippen LogP contribution in [0.25, 0.3) is 0 Å². The van der Waals surface area contributed by atoms with Gasteiger partial charge < -0.3 is 10.5 Å². The van der Waals surface area contributed by atoms with Gasteiger partial charge in [-0.1, -0.05) is 17.9 Å². The summed E-state index contributed by atoms with van der Waals surface area (Å²) >= 11 is 0. The number of fused-ring (bicyclic) bond motifs is 3. The molecule has 9 heteroatoms. The summed E-state index contributed by atoms with van der Waals surface area (Å²) < 4.78 is 30.7. The number of sulfonamides is 1. The van der Waals surface area contributed by atoms with Gasteiger partial charge >= 0.3 is 0 Å². The van der Waals surface area contributed by atoms with Crippen LogP contribution in [0.2, 0.25) is 0 Å². The minimum absolute atomic E-state index is 0.148. The van der Waals surface area contributed by atoms with Crippen molar-refractivity contribution in [3.05, 3.63) is 34.9 Å². The van der Waals surface area contributed by atoms with E-state index in [0.29, 0.717) is 5.92 Å². The van der Waals surface area contributed by atoms with Crippen LogP contribution in [0.5, 0.6) is 0 Å². The number of rotatable bonds is 5. The van der Waals surface area contributed by atoms with Crippen LogP contribution in [-0.4, -0.2) is 69.1 Å². The number of ether oxygens (including phenoxy) is 1. The van der Waals surface area contributed by atoms with Gasteiger partial charge in [-0.05, 0) is 68.2 Å². The first kappa shape index (κ1) is 24.3. The lowest BCUT2D eigenvalue weighted by atomic mass is 9.61. The Kier molecular flexibility index (Phi) is 5.98. The van der Waals surface area contributed by atoms with Crippen molar-refractivity contribution in [1.82, 2.24) is 9.21 Å². The summed E-state index contributed by atoms with van der Waals surface area (Å²) in [6.07, 6.45) is 7.74. The number of methoxy groups -OCH3 is 1. The molecule has 1 aromatic carbocycles. The van der Waals surface area contributed by atoms with Crippen LogP contribution in [0.15, 0.2) is 23.2 Å². The van der Waals surface area contributed by atoms with Crippen molar-refractivity contribution in [2.24, 2.45) is 22.1 Å². The summed E-state index contributed by atoms with van der Waals surface area (Å²) in [4.78, 5) is 20.7. The number of hydrogen-bond donors (Lipinski definition) is 1. The van der Waals surface area contributed by atoms with Gasteiger partial charge in [0.1, 0.15) is 0 Å². The Balaban J connectivity index is 1.54. The van der Waals surface area contributed by atoms with Crippen molar-refractivity contribution in [2.75, 3.05) is 33.5 Å². The number of amides is 1. The first-order valence-corrected chi connectivity index (χ1v) is 14.2. The van der Waals surface area contributed by atoms with E-state index in [2.05, 4.69) is 17.9 Å². The van der Waals surface area contributed by atoms with E-state index in [4.69, 9.17) is 15.5 Å². The Bertz CT molecular complexity index is 1240. The standard InChI is InChI=1S/C26H34N4O4S/c1-29(35(3,32)33)14-15-30-23(31)26(28-24(30)27)22-16-19(7-6-18-4-5-18)8-9-20(22)17-25(26)12-10-21(34-2)11-13-25/h8-9,16,18,21H,4-5,10-15,17H2,1-3H3,(H2,27,28). The molecule has 2 spiro atoms. The molecule has 1 aliphatic heterocycles. The monoisotopic (exact) mass is 498 g/mol. The highest BCUT2D eigenvalue weighted by molar-refractivity contribution is 7.88. The number of nitrogens with two attached hydrogens (primary N) is 1. The maximum absolute atomic E-state index is 14.3. The van der Waals surface area contributed by atoms with Crippen molar-refractivity contribution in [2.45, 2.75) is 56.6 Å². The van der Waals surface area contributed by atoms with Gasteiger partial charge in [0, 0.05) is 44.1 Å². The summed E-state index contributed by atoms with van der Waals surface area (Å²) in [5, 5.41) is 0. The summed E-state index contributed by atoms with van der Waals surface area (Å²) in [5.41, 5.74) is 7.84. The van der Waals surface area contributed by atoms with E-state index >= 15 is 0 Å². The normalized spacial score (nSPS) is 30.1. The summed E-state index contributed by atoms with van der Waals surface area (Å²) in [6, 6.07) is 6.19. The van der Waals surface area contributed by atoms with Gasteiger partial charge in [0.15, 0.2) is 11.5 Å². The Morgan fingerprint density at radius 3 is 2.60 bits per heavy atom. The molecule has 4 aliphatic rings. The van der Waals surface area contributed by atoms with Gasteiger partial charge in [-0.3, -0.25) is 9.69 Å². The molecule has 8 nitrogen and oxygen atoms in total. The summed E-state index contributed by atoms with van der Waals surface area (Å²) in [5.74, 6) is 7.10. The Morgan fingerprint density at radius 1 is 1.26 bits per heavy atom. The zero-order valence-corrected chi connectivity index (χ0v) is 21.5. The predicted molar refractivity (Wildman–Crippen MR) is 134 cm³/mol. The lowest BCUT2D eigenvalue weighted by Crippen LogP contribution is -2.53. The molecule has 5 rings (SSSR count). The highest BCUT2D eigenvalue weighted by Crippen LogP contribution is 2.62. The molecule has 0 saturated heterocycles. The van der Waals surface area contributed by atoms with E-state index in [9.17, 15) is 13.2 Å². The van der Waals surface area contributed by atoms with E-state index in [0.717, 1.165) is 67.9 Å². The highest BCUT2D eigenvalue weighted by atomic mass is 32.2. The molecule has 0 aromatic heterocycles. The largest absolute Gasteiger partial charge is 0.381 e.